The first-order chi connectivity index (χ1) is 10.1. The van der Waals surface area contributed by atoms with Gasteiger partial charge in [0.25, 0.3) is 0 Å². The fourth-order valence-corrected chi connectivity index (χ4v) is 2.63. The van der Waals surface area contributed by atoms with E-state index < -0.39 is 6.10 Å². The smallest absolute Gasteiger partial charge is 0.237 e. The number of carbonyl (C=O) groups is 1. The van der Waals surface area contributed by atoms with Crippen LogP contribution in [0, 0.1) is 0 Å². The van der Waals surface area contributed by atoms with E-state index in [1.54, 1.807) is 0 Å². The molecule has 0 radical (unpaired) electrons. The van der Waals surface area contributed by atoms with E-state index in [0.717, 1.165) is 19.5 Å². The average Bonchev–Trinajstić information content (AvgIpc) is 2.51. The van der Waals surface area contributed by atoms with Gasteiger partial charge in [-0.1, -0.05) is 24.3 Å². The number of aliphatic hydroxyl groups is 1. The number of carbonyl (C=O) groups excluding carboxylic acids is 1. The van der Waals surface area contributed by atoms with Gasteiger partial charge in [0.2, 0.25) is 5.91 Å². The maximum absolute atomic E-state index is 12.2. The normalized spacial score (nSPS) is 17.9. The van der Waals surface area contributed by atoms with Gasteiger partial charge < -0.3 is 15.2 Å². The molecule has 0 saturated heterocycles. The van der Waals surface area contributed by atoms with Crippen molar-refractivity contribution in [2.45, 2.75) is 32.0 Å². The number of rotatable bonds is 6. The van der Waals surface area contributed by atoms with Gasteiger partial charge in [0.1, 0.15) is 0 Å². The van der Waals surface area contributed by atoms with Crippen LogP contribution in [0.2, 0.25) is 0 Å². The molecule has 1 aliphatic heterocycles. The van der Waals surface area contributed by atoms with Crippen LogP contribution < -0.4 is 5.32 Å². The Hall–Kier alpha value is -1.43. The van der Waals surface area contributed by atoms with Crippen molar-refractivity contribution in [1.29, 1.82) is 0 Å². The number of ether oxygens (including phenoxy) is 1. The highest BCUT2D eigenvalue weighted by molar-refractivity contribution is 5.81. The van der Waals surface area contributed by atoms with E-state index in [2.05, 4.69) is 28.4 Å². The summed E-state index contributed by atoms with van der Waals surface area (Å²) in [6.45, 7) is 4.04. The van der Waals surface area contributed by atoms with Crippen molar-refractivity contribution in [1.82, 2.24) is 10.2 Å². The number of amides is 1. The highest BCUT2D eigenvalue weighted by Gasteiger charge is 2.25. The molecule has 0 aliphatic carbocycles. The molecule has 2 atom stereocenters. The summed E-state index contributed by atoms with van der Waals surface area (Å²) in [5, 5.41) is 12.3. The van der Waals surface area contributed by atoms with E-state index in [9.17, 15) is 9.90 Å². The van der Waals surface area contributed by atoms with Gasteiger partial charge in [-0.05, 0) is 24.5 Å². The monoisotopic (exact) mass is 292 g/mol. The van der Waals surface area contributed by atoms with Crippen molar-refractivity contribution in [2.24, 2.45) is 0 Å². The van der Waals surface area contributed by atoms with E-state index in [0.29, 0.717) is 0 Å². The SMILES string of the molecule is COCC(O)CNC(=O)C(C)N1CCc2ccccc2C1. The molecule has 1 aliphatic rings. The summed E-state index contributed by atoms with van der Waals surface area (Å²) < 4.78 is 4.84. The summed E-state index contributed by atoms with van der Waals surface area (Å²) in [6, 6.07) is 8.16. The molecule has 1 amide bonds. The Morgan fingerprint density at radius 2 is 2.14 bits per heavy atom. The van der Waals surface area contributed by atoms with Crippen molar-refractivity contribution in [2.75, 3.05) is 26.8 Å². The second kappa shape index (κ2) is 7.54. The van der Waals surface area contributed by atoms with Crippen LogP contribution in [-0.4, -0.2) is 54.9 Å². The van der Waals surface area contributed by atoms with E-state index in [1.165, 1.54) is 18.2 Å². The van der Waals surface area contributed by atoms with Crippen LogP contribution in [0.3, 0.4) is 0 Å². The summed E-state index contributed by atoms with van der Waals surface area (Å²) in [4.78, 5) is 14.3. The molecule has 0 saturated carbocycles. The predicted molar refractivity (Wildman–Crippen MR) is 80.9 cm³/mol. The van der Waals surface area contributed by atoms with Gasteiger partial charge in [-0.2, -0.15) is 0 Å². The number of aliphatic hydroxyl groups excluding tert-OH is 1. The van der Waals surface area contributed by atoms with Crippen LogP contribution in [0.4, 0.5) is 0 Å². The Kier molecular flexibility index (Phi) is 5.73. The van der Waals surface area contributed by atoms with Gasteiger partial charge in [-0.3, -0.25) is 9.69 Å². The van der Waals surface area contributed by atoms with Crippen LogP contribution in [0.15, 0.2) is 24.3 Å². The number of nitrogens with zero attached hydrogens (tertiary/aromatic N) is 1. The molecule has 1 aromatic carbocycles. The van der Waals surface area contributed by atoms with Crippen molar-refractivity contribution >= 4 is 5.91 Å². The summed E-state index contributed by atoms with van der Waals surface area (Å²) in [6.07, 6.45) is 0.313. The summed E-state index contributed by atoms with van der Waals surface area (Å²) >= 11 is 0. The van der Waals surface area contributed by atoms with Crippen molar-refractivity contribution in [3.63, 3.8) is 0 Å². The molecule has 0 fully saturated rings. The molecule has 1 heterocycles. The minimum Gasteiger partial charge on any atom is -0.389 e. The third-order valence-electron chi connectivity index (χ3n) is 3.96. The molecule has 0 spiro atoms. The highest BCUT2D eigenvalue weighted by Crippen LogP contribution is 2.20. The zero-order valence-corrected chi connectivity index (χ0v) is 12.7. The van der Waals surface area contributed by atoms with Gasteiger partial charge in [0.15, 0.2) is 0 Å². The quantitative estimate of drug-likeness (QED) is 0.804. The van der Waals surface area contributed by atoms with Crippen LogP contribution in [0.1, 0.15) is 18.1 Å². The molecule has 0 bridgehead atoms. The molecule has 116 valence electrons. The van der Waals surface area contributed by atoms with Gasteiger partial charge in [0, 0.05) is 26.7 Å². The van der Waals surface area contributed by atoms with Crippen LogP contribution in [-0.2, 0) is 22.5 Å². The van der Waals surface area contributed by atoms with Crippen molar-refractivity contribution in [3.05, 3.63) is 35.4 Å². The maximum Gasteiger partial charge on any atom is 0.237 e. The topological polar surface area (TPSA) is 61.8 Å². The minimum absolute atomic E-state index is 0.0514. The lowest BCUT2D eigenvalue weighted by atomic mass is 9.99. The second-order valence-corrected chi connectivity index (χ2v) is 5.52. The zero-order chi connectivity index (χ0) is 15.2. The first-order valence-electron chi connectivity index (χ1n) is 7.37. The van der Waals surface area contributed by atoms with Crippen LogP contribution >= 0.6 is 0 Å². The summed E-state index contributed by atoms with van der Waals surface area (Å²) in [7, 11) is 1.53. The lowest BCUT2D eigenvalue weighted by Crippen LogP contribution is -2.48. The fraction of sp³-hybridized carbons (Fsp3) is 0.562. The van der Waals surface area contributed by atoms with Crippen molar-refractivity contribution in [3.8, 4) is 0 Å². The van der Waals surface area contributed by atoms with Crippen LogP contribution in [0.25, 0.3) is 0 Å². The molecular formula is C16H24N2O3. The standard InChI is InChI=1S/C16H24N2O3/c1-12(16(20)17-9-15(19)11-21-2)18-8-7-13-5-3-4-6-14(13)10-18/h3-6,12,15,19H,7-11H2,1-2H3,(H,17,20). The first-order valence-corrected chi connectivity index (χ1v) is 7.37. The highest BCUT2D eigenvalue weighted by atomic mass is 16.5. The van der Waals surface area contributed by atoms with Gasteiger partial charge in [-0.15, -0.1) is 0 Å². The van der Waals surface area contributed by atoms with E-state index in [4.69, 9.17) is 4.74 Å². The molecule has 1 aromatic rings. The van der Waals surface area contributed by atoms with E-state index in [-0.39, 0.29) is 25.1 Å². The molecule has 2 N–H and O–H groups in total. The van der Waals surface area contributed by atoms with E-state index >= 15 is 0 Å². The van der Waals surface area contributed by atoms with Crippen LogP contribution in [0.5, 0.6) is 0 Å². The molecular weight excluding hydrogens is 268 g/mol. The summed E-state index contributed by atoms with van der Waals surface area (Å²) in [5.74, 6) is -0.0514. The Bertz CT molecular complexity index is 478. The third kappa shape index (κ3) is 4.27. The number of hydrogen-bond donors (Lipinski definition) is 2. The maximum atomic E-state index is 12.2. The van der Waals surface area contributed by atoms with E-state index in [1.807, 2.05) is 13.0 Å². The Morgan fingerprint density at radius 1 is 1.43 bits per heavy atom. The largest absolute Gasteiger partial charge is 0.389 e. The lowest BCUT2D eigenvalue weighted by Gasteiger charge is -2.33. The van der Waals surface area contributed by atoms with Crippen molar-refractivity contribution < 1.29 is 14.6 Å². The third-order valence-corrected chi connectivity index (χ3v) is 3.96. The molecule has 2 unspecified atom stereocenters. The first kappa shape index (κ1) is 15.9. The molecule has 5 nitrogen and oxygen atoms in total. The Balaban J connectivity index is 1.86. The molecule has 21 heavy (non-hydrogen) atoms. The molecule has 0 aromatic heterocycles. The Labute approximate surface area is 125 Å². The van der Waals surface area contributed by atoms with Gasteiger partial charge in [0.05, 0.1) is 18.8 Å². The lowest BCUT2D eigenvalue weighted by molar-refractivity contribution is -0.126. The van der Waals surface area contributed by atoms with Gasteiger partial charge >= 0.3 is 0 Å². The second-order valence-electron chi connectivity index (χ2n) is 5.52. The molecule has 5 heteroatoms. The Morgan fingerprint density at radius 3 is 2.86 bits per heavy atom. The summed E-state index contributed by atoms with van der Waals surface area (Å²) in [5.41, 5.74) is 2.67. The fourth-order valence-electron chi connectivity index (χ4n) is 2.63. The van der Waals surface area contributed by atoms with Gasteiger partial charge in [-0.25, -0.2) is 0 Å². The zero-order valence-electron chi connectivity index (χ0n) is 12.7. The number of nitrogens with one attached hydrogen (secondary N) is 1. The minimum atomic E-state index is -0.659. The predicted octanol–water partition coefficient (Wildman–Crippen LogP) is 0.557. The molecule has 2 rings (SSSR count). The number of hydrogen-bond acceptors (Lipinski definition) is 4. The number of fused-ring (bicyclic) bond motifs is 1. The average molecular weight is 292 g/mol. The number of methoxy groups -OCH3 is 1. The number of benzene rings is 1.